The number of thioether (sulfide) groups is 1. The molecule has 0 unspecified atom stereocenters. The van der Waals surface area contributed by atoms with Gasteiger partial charge < -0.3 is 9.47 Å². The molecule has 0 aliphatic carbocycles. The Labute approximate surface area is 226 Å². The van der Waals surface area contributed by atoms with Gasteiger partial charge in [-0.1, -0.05) is 23.7 Å². The second-order valence-corrected chi connectivity index (χ2v) is 9.35. The van der Waals surface area contributed by atoms with Crippen molar-refractivity contribution >= 4 is 46.3 Å². The van der Waals surface area contributed by atoms with Crippen molar-refractivity contribution in [3.8, 4) is 17.2 Å². The van der Waals surface area contributed by atoms with Gasteiger partial charge in [0, 0.05) is 11.1 Å². The normalized spacial score (nSPS) is 14.7. The molecule has 0 spiro atoms. The first-order valence-electron chi connectivity index (χ1n) is 10.8. The number of alkyl halides is 3. The minimum Gasteiger partial charge on any atom is -0.493 e. The Balaban J connectivity index is 1.58. The van der Waals surface area contributed by atoms with E-state index in [1.165, 1.54) is 37.5 Å². The molecule has 1 saturated heterocycles. The van der Waals surface area contributed by atoms with E-state index in [-0.39, 0.29) is 28.0 Å². The third-order valence-electron chi connectivity index (χ3n) is 5.41. The molecule has 3 aromatic rings. The van der Waals surface area contributed by atoms with Crippen molar-refractivity contribution in [3.63, 3.8) is 0 Å². The van der Waals surface area contributed by atoms with E-state index >= 15 is 0 Å². The summed E-state index contributed by atoms with van der Waals surface area (Å²) >= 11 is 6.68. The van der Waals surface area contributed by atoms with E-state index in [2.05, 4.69) is 0 Å². The molecule has 39 heavy (non-hydrogen) atoms. The predicted molar refractivity (Wildman–Crippen MR) is 134 cm³/mol. The quantitative estimate of drug-likeness (QED) is 0.123. The fraction of sp³-hybridized carbons (Fsp3) is 0.120. The van der Waals surface area contributed by atoms with Crippen LogP contribution in [0.2, 0.25) is 5.02 Å². The molecule has 0 saturated carbocycles. The van der Waals surface area contributed by atoms with Crippen LogP contribution in [0.1, 0.15) is 16.7 Å². The lowest BCUT2D eigenvalue weighted by Gasteiger charge is -2.14. The maximum absolute atomic E-state index is 13.3. The lowest BCUT2D eigenvalue weighted by molar-refractivity contribution is -0.385. The summed E-state index contributed by atoms with van der Waals surface area (Å²) in [6.45, 7) is -0.164. The van der Waals surface area contributed by atoms with Crippen molar-refractivity contribution in [3.05, 3.63) is 97.1 Å². The van der Waals surface area contributed by atoms with Crippen LogP contribution in [0.3, 0.4) is 0 Å². The van der Waals surface area contributed by atoms with Crippen molar-refractivity contribution in [2.75, 3.05) is 7.11 Å². The van der Waals surface area contributed by atoms with Gasteiger partial charge in [-0.15, -0.1) is 0 Å². The molecular weight excluding hydrogens is 568 g/mol. The van der Waals surface area contributed by atoms with Gasteiger partial charge in [-0.05, 0) is 65.4 Å². The Kier molecular flexibility index (Phi) is 7.84. The van der Waals surface area contributed by atoms with Gasteiger partial charge in [0.2, 0.25) is 5.75 Å². The summed E-state index contributed by atoms with van der Waals surface area (Å²) in [4.78, 5) is 36.7. The SMILES string of the molecule is COc1cc(/C=C2/SC(=O)N(Cc3ccc(F)cc3Cl)C2=O)ccc1Oc1ccc(C(F)(F)F)cc1[N+](=O)[O-]. The first-order valence-corrected chi connectivity index (χ1v) is 12.0. The number of halogens is 5. The highest BCUT2D eigenvalue weighted by Crippen LogP contribution is 2.41. The zero-order chi connectivity index (χ0) is 28.5. The maximum atomic E-state index is 13.3. The molecule has 0 N–H and O–H groups in total. The van der Waals surface area contributed by atoms with Gasteiger partial charge in [-0.3, -0.25) is 24.6 Å². The summed E-state index contributed by atoms with van der Waals surface area (Å²) in [5, 5.41) is 10.9. The Hall–Kier alpha value is -4.10. The number of amides is 2. The molecular formula is C25H15ClF4N2O6S. The molecule has 0 bridgehead atoms. The summed E-state index contributed by atoms with van der Waals surface area (Å²) in [6, 6.07) is 9.66. The number of methoxy groups -OCH3 is 1. The van der Waals surface area contributed by atoms with Crippen LogP contribution in [0.4, 0.5) is 28.0 Å². The van der Waals surface area contributed by atoms with Gasteiger partial charge in [-0.2, -0.15) is 13.2 Å². The van der Waals surface area contributed by atoms with Gasteiger partial charge in [0.15, 0.2) is 11.5 Å². The second kappa shape index (κ2) is 10.9. The number of carbonyl (C=O) groups excluding carboxylic acids is 2. The first kappa shape index (κ1) is 27.9. The van der Waals surface area contributed by atoms with Crippen molar-refractivity contribution in [2.24, 2.45) is 0 Å². The summed E-state index contributed by atoms with van der Waals surface area (Å²) in [5.74, 6) is -1.61. The number of hydrogen-bond acceptors (Lipinski definition) is 7. The van der Waals surface area contributed by atoms with Crippen molar-refractivity contribution in [1.82, 2.24) is 4.90 Å². The van der Waals surface area contributed by atoms with Gasteiger partial charge >= 0.3 is 11.9 Å². The van der Waals surface area contributed by atoms with Crippen LogP contribution in [-0.2, 0) is 17.5 Å². The molecule has 1 heterocycles. The van der Waals surface area contributed by atoms with E-state index in [1.54, 1.807) is 0 Å². The van der Waals surface area contributed by atoms with Crippen molar-refractivity contribution in [2.45, 2.75) is 12.7 Å². The standard InChI is InChI=1S/C25H15ClF4N2O6S/c1-37-21-8-13(2-6-20(21)38-19-7-4-15(25(28,29)30)10-18(19)32(35)36)9-22-23(33)31(24(34)39-22)12-14-3-5-16(27)11-17(14)26/h2-11H,12H2,1H3/b22-9+. The molecule has 8 nitrogen and oxygen atoms in total. The molecule has 1 aliphatic heterocycles. The molecule has 202 valence electrons. The number of nitrogens with zero attached hydrogens (tertiary/aromatic N) is 2. The molecule has 0 atom stereocenters. The zero-order valence-electron chi connectivity index (χ0n) is 19.6. The van der Waals surface area contributed by atoms with Crippen LogP contribution in [0.5, 0.6) is 17.2 Å². The van der Waals surface area contributed by atoms with Gasteiger partial charge in [-0.25, -0.2) is 4.39 Å². The molecule has 3 aromatic carbocycles. The van der Waals surface area contributed by atoms with Crippen LogP contribution in [0, 0.1) is 15.9 Å². The number of imide groups is 1. The Bertz CT molecular complexity index is 1530. The van der Waals surface area contributed by atoms with E-state index in [9.17, 15) is 37.3 Å². The van der Waals surface area contributed by atoms with E-state index in [4.69, 9.17) is 21.1 Å². The molecule has 0 radical (unpaired) electrons. The van der Waals surface area contributed by atoms with E-state index in [0.29, 0.717) is 35.0 Å². The van der Waals surface area contributed by atoms with Crippen LogP contribution < -0.4 is 9.47 Å². The molecule has 4 rings (SSSR count). The molecule has 0 aromatic heterocycles. The maximum Gasteiger partial charge on any atom is 0.416 e. The average molecular weight is 583 g/mol. The Morgan fingerprint density at radius 1 is 1.05 bits per heavy atom. The van der Waals surface area contributed by atoms with E-state index < -0.39 is 45.1 Å². The highest BCUT2D eigenvalue weighted by atomic mass is 35.5. The van der Waals surface area contributed by atoms with E-state index in [1.807, 2.05) is 0 Å². The smallest absolute Gasteiger partial charge is 0.416 e. The fourth-order valence-corrected chi connectivity index (χ4v) is 4.57. The summed E-state index contributed by atoms with van der Waals surface area (Å²) in [6.07, 6.45) is -3.38. The summed E-state index contributed by atoms with van der Waals surface area (Å²) < 4.78 is 63.0. The van der Waals surface area contributed by atoms with Crippen molar-refractivity contribution < 1.29 is 41.5 Å². The monoisotopic (exact) mass is 582 g/mol. The van der Waals surface area contributed by atoms with Crippen LogP contribution in [-0.4, -0.2) is 28.1 Å². The third-order valence-corrected chi connectivity index (χ3v) is 6.66. The van der Waals surface area contributed by atoms with Gasteiger partial charge in [0.1, 0.15) is 5.82 Å². The van der Waals surface area contributed by atoms with Crippen LogP contribution in [0.25, 0.3) is 6.08 Å². The number of nitro groups is 1. The van der Waals surface area contributed by atoms with E-state index in [0.717, 1.165) is 23.1 Å². The lowest BCUT2D eigenvalue weighted by Crippen LogP contribution is -2.27. The topological polar surface area (TPSA) is 99.0 Å². The van der Waals surface area contributed by atoms with Crippen LogP contribution in [0.15, 0.2) is 59.5 Å². The zero-order valence-corrected chi connectivity index (χ0v) is 21.2. The number of carbonyl (C=O) groups is 2. The second-order valence-electron chi connectivity index (χ2n) is 7.95. The fourth-order valence-electron chi connectivity index (χ4n) is 3.51. The minimum absolute atomic E-state index is 0.0448. The van der Waals surface area contributed by atoms with Gasteiger partial charge in [0.25, 0.3) is 11.1 Å². The molecule has 1 fully saturated rings. The Morgan fingerprint density at radius 2 is 1.77 bits per heavy atom. The number of nitro benzene ring substituents is 1. The lowest BCUT2D eigenvalue weighted by atomic mass is 10.1. The van der Waals surface area contributed by atoms with Gasteiger partial charge in [0.05, 0.1) is 29.0 Å². The summed E-state index contributed by atoms with van der Waals surface area (Å²) in [7, 11) is 1.27. The average Bonchev–Trinajstić information content (AvgIpc) is 3.13. The number of ether oxygens (including phenoxy) is 2. The number of rotatable bonds is 7. The molecule has 2 amide bonds. The predicted octanol–water partition coefficient (Wildman–Crippen LogP) is 7.44. The minimum atomic E-state index is -4.78. The number of hydrogen-bond donors (Lipinski definition) is 0. The largest absolute Gasteiger partial charge is 0.493 e. The highest BCUT2D eigenvalue weighted by molar-refractivity contribution is 8.18. The summed E-state index contributed by atoms with van der Waals surface area (Å²) in [5.41, 5.74) is -1.33. The highest BCUT2D eigenvalue weighted by Gasteiger charge is 2.36. The first-order chi connectivity index (χ1) is 18.4. The van der Waals surface area contributed by atoms with Crippen molar-refractivity contribution in [1.29, 1.82) is 0 Å². The van der Waals surface area contributed by atoms with Crippen LogP contribution >= 0.6 is 23.4 Å². The Morgan fingerprint density at radius 3 is 2.41 bits per heavy atom. The molecule has 1 aliphatic rings. The number of benzene rings is 3. The molecule has 14 heteroatoms. The third kappa shape index (κ3) is 6.15.